The molecule has 0 aliphatic carbocycles. The molecule has 4 nitrogen and oxygen atoms in total. The molecule has 0 atom stereocenters. The van der Waals surface area contributed by atoms with Gasteiger partial charge < -0.3 is 19.5 Å². The van der Waals surface area contributed by atoms with Crippen molar-refractivity contribution in [2.75, 3.05) is 40.6 Å². The molecule has 0 aromatic heterocycles. The zero-order chi connectivity index (χ0) is 13.1. The van der Waals surface area contributed by atoms with E-state index in [9.17, 15) is 0 Å². The number of nitrogens with one attached hydrogen (secondary N) is 1. The molecule has 0 saturated heterocycles. The van der Waals surface area contributed by atoms with Crippen molar-refractivity contribution >= 4 is 0 Å². The molecule has 0 unspecified atom stereocenters. The lowest BCUT2D eigenvalue weighted by Gasteiger charge is -2.07. The van der Waals surface area contributed by atoms with Gasteiger partial charge in [-0.2, -0.15) is 0 Å². The molecule has 0 fully saturated rings. The highest BCUT2D eigenvalue weighted by atomic mass is 16.5. The highest BCUT2D eigenvalue weighted by Gasteiger charge is 1.95. The number of ether oxygens (including phenoxy) is 3. The molecule has 0 spiro atoms. The third-order valence-corrected chi connectivity index (χ3v) is 2.52. The Hall–Kier alpha value is -0.940. The van der Waals surface area contributed by atoms with Crippen LogP contribution in [0.15, 0.2) is 24.3 Å². The van der Waals surface area contributed by atoms with Crippen molar-refractivity contribution in [1.82, 2.24) is 5.32 Å². The number of hydrogen-bond donors (Lipinski definition) is 1. The molecule has 18 heavy (non-hydrogen) atoms. The van der Waals surface area contributed by atoms with Crippen LogP contribution in [0.2, 0.25) is 0 Å². The molecule has 0 amide bonds. The smallest absolute Gasteiger partial charge is 0.0713 e. The topological polar surface area (TPSA) is 39.7 Å². The summed E-state index contributed by atoms with van der Waals surface area (Å²) in [5.74, 6) is 0. The summed E-state index contributed by atoms with van der Waals surface area (Å²) in [4.78, 5) is 0. The van der Waals surface area contributed by atoms with Gasteiger partial charge in [0, 0.05) is 27.3 Å². The molecular formula is C14H23NO3. The van der Waals surface area contributed by atoms with Crippen LogP contribution in [0.25, 0.3) is 0 Å². The third kappa shape index (κ3) is 6.71. The zero-order valence-electron chi connectivity index (χ0n) is 11.3. The van der Waals surface area contributed by atoms with Crippen molar-refractivity contribution in [2.24, 2.45) is 0 Å². The quantitative estimate of drug-likeness (QED) is 0.643. The van der Waals surface area contributed by atoms with Gasteiger partial charge >= 0.3 is 0 Å². The summed E-state index contributed by atoms with van der Waals surface area (Å²) in [5.41, 5.74) is 2.47. The fraction of sp³-hybridized carbons (Fsp3) is 0.571. The summed E-state index contributed by atoms with van der Waals surface area (Å²) in [5, 5.41) is 3.33. The second-order valence-corrected chi connectivity index (χ2v) is 4.03. The minimum absolute atomic E-state index is 0.654. The van der Waals surface area contributed by atoms with E-state index in [1.165, 1.54) is 11.1 Å². The maximum atomic E-state index is 5.36. The van der Waals surface area contributed by atoms with Crippen molar-refractivity contribution < 1.29 is 14.2 Å². The molecule has 0 heterocycles. The summed E-state index contributed by atoms with van der Waals surface area (Å²) in [7, 11) is 3.38. The first-order valence-corrected chi connectivity index (χ1v) is 6.21. The fourth-order valence-electron chi connectivity index (χ4n) is 1.54. The lowest BCUT2D eigenvalue weighted by molar-refractivity contribution is 0.0719. The lowest BCUT2D eigenvalue weighted by Crippen LogP contribution is -2.20. The summed E-state index contributed by atoms with van der Waals surface area (Å²) < 4.78 is 15.3. The van der Waals surface area contributed by atoms with Crippen LogP contribution >= 0.6 is 0 Å². The molecular weight excluding hydrogens is 230 g/mol. The van der Waals surface area contributed by atoms with E-state index in [4.69, 9.17) is 14.2 Å². The predicted octanol–water partition coefficient (Wildman–Crippen LogP) is 1.59. The molecule has 102 valence electrons. The summed E-state index contributed by atoms with van der Waals surface area (Å²) in [6, 6.07) is 8.42. The number of methoxy groups -OCH3 is 2. The van der Waals surface area contributed by atoms with Crippen LogP contribution in [0.3, 0.4) is 0 Å². The predicted molar refractivity (Wildman–Crippen MR) is 71.6 cm³/mol. The molecule has 1 rings (SSSR count). The average Bonchev–Trinajstić information content (AvgIpc) is 2.40. The van der Waals surface area contributed by atoms with Crippen molar-refractivity contribution in [3.63, 3.8) is 0 Å². The minimum Gasteiger partial charge on any atom is -0.382 e. The van der Waals surface area contributed by atoms with Gasteiger partial charge in [-0.15, -0.1) is 0 Å². The monoisotopic (exact) mass is 253 g/mol. The van der Waals surface area contributed by atoms with Gasteiger partial charge in [0.15, 0.2) is 0 Å². The van der Waals surface area contributed by atoms with Crippen LogP contribution in [-0.2, 0) is 27.4 Å². The van der Waals surface area contributed by atoms with Gasteiger partial charge in [0.05, 0.1) is 26.4 Å². The Kier molecular flexibility index (Phi) is 8.42. The van der Waals surface area contributed by atoms with Crippen LogP contribution in [0.1, 0.15) is 11.1 Å². The van der Waals surface area contributed by atoms with Crippen LogP contribution < -0.4 is 5.32 Å². The average molecular weight is 253 g/mol. The van der Waals surface area contributed by atoms with Crippen LogP contribution in [-0.4, -0.2) is 40.6 Å². The van der Waals surface area contributed by atoms with Crippen molar-refractivity contribution in [3.05, 3.63) is 35.4 Å². The van der Waals surface area contributed by atoms with Gasteiger partial charge in [0.1, 0.15) is 0 Å². The van der Waals surface area contributed by atoms with E-state index in [2.05, 4.69) is 29.6 Å². The van der Waals surface area contributed by atoms with Gasteiger partial charge in [0.25, 0.3) is 0 Å². The highest BCUT2D eigenvalue weighted by Crippen LogP contribution is 2.04. The van der Waals surface area contributed by atoms with Gasteiger partial charge in [-0.1, -0.05) is 24.3 Å². The molecule has 1 aromatic rings. The van der Waals surface area contributed by atoms with Gasteiger partial charge in [-0.3, -0.25) is 0 Å². The number of rotatable bonds is 10. The molecule has 0 aliphatic heterocycles. The SMILES string of the molecule is COCCOCCNCc1ccc(COC)cc1. The Bertz CT molecular complexity index is 300. The van der Waals surface area contributed by atoms with E-state index >= 15 is 0 Å². The van der Waals surface area contributed by atoms with Crippen LogP contribution in [0.4, 0.5) is 0 Å². The fourth-order valence-corrected chi connectivity index (χ4v) is 1.54. The van der Waals surface area contributed by atoms with E-state index in [1.54, 1.807) is 14.2 Å². The summed E-state index contributed by atoms with van der Waals surface area (Å²) >= 11 is 0. The largest absolute Gasteiger partial charge is 0.382 e. The molecule has 0 radical (unpaired) electrons. The third-order valence-electron chi connectivity index (χ3n) is 2.52. The Morgan fingerprint density at radius 1 is 0.889 bits per heavy atom. The molecule has 1 aromatic carbocycles. The van der Waals surface area contributed by atoms with E-state index in [1.807, 2.05) is 0 Å². The molecule has 4 heteroatoms. The Morgan fingerprint density at radius 2 is 1.61 bits per heavy atom. The molecule has 1 N–H and O–H groups in total. The summed E-state index contributed by atoms with van der Waals surface area (Å²) in [6.45, 7) is 4.40. The first-order valence-electron chi connectivity index (χ1n) is 6.21. The normalized spacial score (nSPS) is 10.8. The highest BCUT2D eigenvalue weighted by molar-refractivity contribution is 5.21. The van der Waals surface area contributed by atoms with Crippen molar-refractivity contribution in [2.45, 2.75) is 13.2 Å². The number of hydrogen-bond acceptors (Lipinski definition) is 4. The Balaban J connectivity index is 2.08. The Labute approximate surface area is 109 Å². The first-order chi connectivity index (χ1) is 8.86. The van der Waals surface area contributed by atoms with Gasteiger partial charge in [-0.25, -0.2) is 0 Å². The lowest BCUT2D eigenvalue weighted by atomic mass is 10.1. The number of benzene rings is 1. The Morgan fingerprint density at radius 3 is 2.28 bits per heavy atom. The van der Waals surface area contributed by atoms with Crippen LogP contribution in [0, 0.1) is 0 Å². The second kappa shape index (κ2) is 10.0. The van der Waals surface area contributed by atoms with E-state index in [0.29, 0.717) is 26.4 Å². The van der Waals surface area contributed by atoms with E-state index in [-0.39, 0.29) is 0 Å². The summed E-state index contributed by atoms with van der Waals surface area (Å²) in [6.07, 6.45) is 0. The van der Waals surface area contributed by atoms with Gasteiger partial charge in [-0.05, 0) is 11.1 Å². The first kappa shape index (κ1) is 15.1. The van der Waals surface area contributed by atoms with E-state index < -0.39 is 0 Å². The maximum absolute atomic E-state index is 5.36. The second-order valence-electron chi connectivity index (χ2n) is 4.03. The molecule has 0 saturated carbocycles. The standard InChI is InChI=1S/C14H23NO3/c1-16-9-10-18-8-7-15-11-13-3-5-14(6-4-13)12-17-2/h3-6,15H,7-12H2,1-2H3. The van der Waals surface area contributed by atoms with Crippen LogP contribution in [0.5, 0.6) is 0 Å². The zero-order valence-corrected chi connectivity index (χ0v) is 11.3. The maximum Gasteiger partial charge on any atom is 0.0713 e. The van der Waals surface area contributed by atoms with Crippen molar-refractivity contribution in [3.8, 4) is 0 Å². The van der Waals surface area contributed by atoms with E-state index in [0.717, 1.165) is 13.1 Å². The van der Waals surface area contributed by atoms with Gasteiger partial charge in [0.2, 0.25) is 0 Å². The molecule has 0 aliphatic rings. The van der Waals surface area contributed by atoms with Crippen molar-refractivity contribution in [1.29, 1.82) is 0 Å². The molecule has 0 bridgehead atoms. The minimum atomic E-state index is 0.654.